The van der Waals surface area contributed by atoms with E-state index in [2.05, 4.69) is 15.6 Å². The Morgan fingerprint density at radius 2 is 2.08 bits per heavy atom. The Bertz CT molecular complexity index is 743. The van der Waals surface area contributed by atoms with Crippen molar-refractivity contribution in [3.05, 3.63) is 34.8 Å². The molecule has 0 bridgehead atoms. The van der Waals surface area contributed by atoms with E-state index in [1.54, 1.807) is 6.07 Å². The fourth-order valence-electron chi connectivity index (χ4n) is 1.81. The smallest absolute Gasteiger partial charge is 0.325 e. The average Bonchev–Trinajstić information content (AvgIpc) is 2.96. The monoisotopic (exact) mass is 348 g/mol. The van der Waals surface area contributed by atoms with Gasteiger partial charge in [-0.25, -0.2) is 9.78 Å². The summed E-state index contributed by atoms with van der Waals surface area (Å²) in [6, 6.07) is 5.05. The van der Waals surface area contributed by atoms with Crippen LogP contribution in [-0.2, 0) is 0 Å². The second-order valence-corrected chi connectivity index (χ2v) is 6.71. The van der Waals surface area contributed by atoms with Crippen molar-refractivity contribution >= 4 is 34.1 Å². The van der Waals surface area contributed by atoms with E-state index in [4.69, 9.17) is 10.5 Å². The fraction of sp³-hybridized carbons (Fsp3) is 0.312. The number of nitrogens with zero attached hydrogens (tertiary/aromatic N) is 1. The second-order valence-electron chi connectivity index (χ2n) is 5.68. The highest BCUT2D eigenvalue weighted by Crippen LogP contribution is 2.27. The summed E-state index contributed by atoms with van der Waals surface area (Å²) >= 11 is 1.01. The van der Waals surface area contributed by atoms with Gasteiger partial charge in [-0.2, -0.15) is 0 Å². The predicted octanol–water partition coefficient (Wildman–Crippen LogP) is 3.23. The standard InChI is InChI=1S/C16H20N4O3S/c1-9(2)8-23-12-6-10(3)4-5-11(12)19-15(22)20-16-18-7-13(24-16)14(17)21/h4-7,9H,8H2,1-3H3,(H2,17,21)(H2,18,19,20,22). The number of urea groups is 1. The SMILES string of the molecule is Cc1ccc(NC(=O)Nc2ncc(C(N)=O)s2)c(OCC(C)C)c1. The van der Waals surface area contributed by atoms with E-state index in [9.17, 15) is 9.59 Å². The zero-order valence-corrected chi connectivity index (χ0v) is 14.6. The first-order valence-electron chi connectivity index (χ1n) is 7.42. The van der Waals surface area contributed by atoms with Crippen LogP contribution in [0, 0.1) is 12.8 Å². The molecule has 2 rings (SSSR count). The lowest BCUT2D eigenvalue weighted by atomic mass is 10.2. The third-order valence-corrected chi connectivity index (χ3v) is 3.85. The van der Waals surface area contributed by atoms with E-state index in [1.807, 2.05) is 32.9 Å². The summed E-state index contributed by atoms with van der Waals surface area (Å²) in [4.78, 5) is 27.4. The van der Waals surface area contributed by atoms with Gasteiger partial charge in [0, 0.05) is 0 Å². The topological polar surface area (TPSA) is 106 Å². The molecular weight excluding hydrogens is 328 g/mol. The molecule has 7 nitrogen and oxygen atoms in total. The molecule has 8 heteroatoms. The highest BCUT2D eigenvalue weighted by atomic mass is 32.1. The van der Waals surface area contributed by atoms with Crippen LogP contribution < -0.4 is 21.1 Å². The van der Waals surface area contributed by atoms with E-state index >= 15 is 0 Å². The summed E-state index contributed by atoms with van der Waals surface area (Å²) in [6.07, 6.45) is 1.33. The van der Waals surface area contributed by atoms with Crippen molar-refractivity contribution in [3.8, 4) is 5.75 Å². The molecule has 0 aliphatic rings. The molecule has 0 aliphatic carbocycles. The van der Waals surface area contributed by atoms with Crippen molar-refractivity contribution < 1.29 is 14.3 Å². The molecule has 24 heavy (non-hydrogen) atoms. The second kappa shape index (κ2) is 7.78. The molecule has 3 amide bonds. The van der Waals surface area contributed by atoms with E-state index in [0.29, 0.717) is 24.0 Å². The number of aromatic nitrogens is 1. The Labute approximate surface area is 144 Å². The fourth-order valence-corrected chi connectivity index (χ4v) is 2.47. The number of ether oxygens (including phenoxy) is 1. The molecule has 0 unspecified atom stereocenters. The third-order valence-electron chi connectivity index (χ3n) is 2.93. The molecular formula is C16H20N4O3S. The maximum absolute atomic E-state index is 12.1. The van der Waals surface area contributed by atoms with Crippen molar-refractivity contribution in [2.45, 2.75) is 20.8 Å². The van der Waals surface area contributed by atoms with Crippen molar-refractivity contribution in [2.75, 3.05) is 17.2 Å². The number of primary amides is 1. The first-order valence-corrected chi connectivity index (χ1v) is 8.24. The Kier molecular flexibility index (Phi) is 5.75. The molecule has 1 aromatic heterocycles. The van der Waals surface area contributed by atoms with Gasteiger partial charge in [0.25, 0.3) is 5.91 Å². The minimum atomic E-state index is -0.580. The first kappa shape index (κ1) is 17.7. The van der Waals surface area contributed by atoms with Gasteiger partial charge >= 0.3 is 6.03 Å². The van der Waals surface area contributed by atoms with Crippen LogP contribution in [0.3, 0.4) is 0 Å². The molecule has 0 atom stereocenters. The van der Waals surface area contributed by atoms with Gasteiger partial charge in [0.05, 0.1) is 18.5 Å². The number of aryl methyl sites for hydroxylation is 1. The molecule has 0 saturated carbocycles. The van der Waals surface area contributed by atoms with Gasteiger partial charge < -0.3 is 15.8 Å². The first-order chi connectivity index (χ1) is 11.3. The number of nitrogens with one attached hydrogen (secondary N) is 2. The van der Waals surface area contributed by atoms with Crippen LogP contribution >= 0.6 is 11.3 Å². The van der Waals surface area contributed by atoms with Gasteiger partial charge in [-0.3, -0.25) is 10.1 Å². The summed E-state index contributed by atoms with van der Waals surface area (Å²) in [6.45, 7) is 6.60. The van der Waals surface area contributed by atoms with Gasteiger partial charge in [0.2, 0.25) is 0 Å². The number of amides is 3. The largest absolute Gasteiger partial charge is 0.491 e. The number of carbonyl (C=O) groups is 2. The van der Waals surface area contributed by atoms with Gasteiger partial charge in [-0.1, -0.05) is 31.3 Å². The number of hydrogen-bond acceptors (Lipinski definition) is 5. The van der Waals surface area contributed by atoms with Crippen LogP contribution in [0.4, 0.5) is 15.6 Å². The van der Waals surface area contributed by atoms with Crippen molar-refractivity contribution in [1.29, 1.82) is 0 Å². The molecule has 0 radical (unpaired) electrons. The maximum atomic E-state index is 12.1. The lowest BCUT2D eigenvalue weighted by Crippen LogP contribution is -2.20. The van der Waals surface area contributed by atoms with Crippen LogP contribution in [0.2, 0.25) is 0 Å². The number of hydrogen-bond donors (Lipinski definition) is 3. The van der Waals surface area contributed by atoms with Crippen LogP contribution in [0.25, 0.3) is 0 Å². The minimum Gasteiger partial charge on any atom is -0.491 e. The van der Waals surface area contributed by atoms with Crippen LogP contribution in [0.15, 0.2) is 24.4 Å². The molecule has 2 aromatic rings. The molecule has 128 valence electrons. The highest BCUT2D eigenvalue weighted by Gasteiger charge is 2.12. The van der Waals surface area contributed by atoms with E-state index in [-0.39, 0.29) is 10.0 Å². The lowest BCUT2D eigenvalue weighted by Gasteiger charge is -2.14. The van der Waals surface area contributed by atoms with Crippen molar-refractivity contribution in [2.24, 2.45) is 11.7 Å². The van der Waals surface area contributed by atoms with Gasteiger partial charge in [0.15, 0.2) is 5.13 Å². The number of rotatable bonds is 6. The Balaban J connectivity index is 2.05. The van der Waals surface area contributed by atoms with E-state index in [1.165, 1.54) is 6.20 Å². The van der Waals surface area contributed by atoms with E-state index in [0.717, 1.165) is 16.9 Å². The molecule has 0 saturated heterocycles. The minimum absolute atomic E-state index is 0.279. The maximum Gasteiger partial charge on any atom is 0.325 e. The molecule has 4 N–H and O–H groups in total. The van der Waals surface area contributed by atoms with Crippen LogP contribution in [0.5, 0.6) is 5.75 Å². The van der Waals surface area contributed by atoms with Crippen molar-refractivity contribution in [1.82, 2.24) is 4.98 Å². The highest BCUT2D eigenvalue weighted by molar-refractivity contribution is 7.17. The summed E-state index contributed by atoms with van der Waals surface area (Å²) in [5.41, 5.74) is 6.75. The summed E-state index contributed by atoms with van der Waals surface area (Å²) in [5, 5.41) is 5.58. The molecule has 0 aliphatic heterocycles. The number of carbonyl (C=O) groups excluding carboxylic acids is 2. The van der Waals surface area contributed by atoms with Crippen LogP contribution in [-0.4, -0.2) is 23.5 Å². The lowest BCUT2D eigenvalue weighted by molar-refractivity contribution is 0.100. The van der Waals surface area contributed by atoms with Crippen LogP contribution in [0.1, 0.15) is 29.1 Å². The van der Waals surface area contributed by atoms with Gasteiger partial charge in [-0.15, -0.1) is 0 Å². The zero-order chi connectivity index (χ0) is 17.7. The predicted molar refractivity (Wildman–Crippen MR) is 94.8 cm³/mol. The summed E-state index contributed by atoms with van der Waals surface area (Å²) in [7, 11) is 0. The summed E-state index contributed by atoms with van der Waals surface area (Å²) < 4.78 is 5.75. The Hall–Kier alpha value is -2.61. The van der Waals surface area contributed by atoms with E-state index < -0.39 is 11.9 Å². The quantitative estimate of drug-likeness (QED) is 0.745. The molecule has 1 aromatic carbocycles. The molecule has 1 heterocycles. The normalized spacial score (nSPS) is 10.5. The Morgan fingerprint density at radius 1 is 1.33 bits per heavy atom. The van der Waals surface area contributed by atoms with Gasteiger partial charge in [-0.05, 0) is 30.5 Å². The zero-order valence-electron chi connectivity index (χ0n) is 13.8. The van der Waals surface area contributed by atoms with Crippen molar-refractivity contribution in [3.63, 3.8) is 0 Å². The number of nitrogens with two attached hydrogens (primary N) is 1. The average molecular weight is 348 g/mol. The number of anilines is 2. The molecule has 0 spiro atoms. The number of benzene rings is 1. The van der Waals surface area contributed by atoms with Gasteiger partial charge in [0.1, 0.15) is 10.6 Å². The Morgan fingerprint density at radius 3 is 2.71 bits per heavy atom. The number of thiazole rings is 1. The third kappa shape index (κ3) is 4.95. The molecule has 0 fully saturated rings. The summed E-state index contributed by atoms with van der Waals surface area (Å²) in [5.74, 6) is 0.398.